The number of aromatic nitrogens is 2. The standard InChI is InChI=1S/C17H18N2O/c1-13(17(20)11-14-7-3-2-4-8-14)19-12-18-15-9-5-6-10-16(15)19/h2-10,12-13,17,20H,11H2,1H3. The molecule has 3 rings (SSSR count). The van der Waals surface area contributed by atoms with Crippen LogP contribution in [0.2, 0.25) is 0 Å². The van der Waals surface area contributed by atoms with Crippen LogP contribution in [0.25, 0.3) is 11.0 Å². The lowest BCUT2D eigenvalue weighted by atomic mass is 10.0. The maximum absolute atomic E-state index is 10.5. The van der Waals surface area contributed by atoms with Crippen LogP contribution < -0.4 is 0 Å². The molecule has 1 N–H and O–H groups in total. The quantitative estimate of drug-likeness (QED) is 0.787. The van der Waals surface area contributed by atoms with E-state index in [1.165, 1.54) is 0 Å². The highest BCUT2D eigenvalue weighted by Gasteiger charge is 2.18. The zero-order valence-corrected chi connectivity index (χ0v) is 11.5. The smallest absolute Gasteiger partial charge is 0.0961 e. The number of fused-ring (bicyclic) bond motifs is 1. The van der Waals surface area contributed by atoms with E-state index in [1.807, 2.05) is 72.4 Å². The Kier molecular flexibility index (Phi) is 3.52. The largest absolute Gasteiger partial charge is 0.391 e. The van der Waals surface area contributed by atoms with Crippen LogP contribution in [0.3, 0.4) is 0 Å². The average Bonchev–Trinajstić information content (AvgIpc) is 2.91. The minimum absolute atomic E-state index is 0.0115. The molecule has 0 saturated carbocycles. The van der Waals surface area contributed by atoms with Crippen molar-refractivity contribution in [2.75, 3.05) is 0 Å². The van der Waals surface area contributed by atoms with E-state index >= 15 is 0 Å². The van der Waals surface area contributed by atoms with Crippen molar-refractivity contribution in [3.05, 3.63) is 66.5 Å². The van der Waals surface area contributed by atoms with Crippen molar-refractivity contribution >= 4 is 11.0 Å². The van der Waals surface area contributed by atoms with Crippen LogP contribution in [0.5, 0.6) is 0 Å². The lowest BCUT2D eigenvalue weighted by Gasteiger charge is -2.21. The predicted molar refractivity (Wildman–Crippen MR) is 80.6 cm³/mol. The summed E-state index contributed by atoms with van der Waals surface area (Å²) in [6.07, 6.45) is 2.02. The molecule has 2 unspecified atom stereocenters. The van der Waals surface area contributed by atoms with Gasteiger partial charge in [-0.1, -0.05) is 42.5 Å². The van der Waals surface area contributed by atoms with E-state index in [2.05, 4.69) is 4.98 Å². The summed E-state index contributed by atoms with van der Waals surface area (Å²) in [6.45, 7) is 2.03. The van der Waals surface area contributed by atoms with Gasteiger partial charge in [0.2, 0.25) is 0 Å². The molecule has 3 aromatic rings. The summed E-state index contributed by atoms with van der Waals surface area (Å²) in [5, 5.41) is 10.5. The highest BCUT2D eigenvalue weighted by Crippen LogP contribution is 2.21. The van der Waals surface area contributed by atoms with Crippen LogP contribution in [-0.2, 0) is 6.42 Å². The molecule has 0 saturated heterocycles. The summed E-state index contributed by atoms with van der Waals surface area (Å²) in [5.41, 5.74) is 3.18. The number of nitrogens with zero attached hydrogens (tertiary/aromatic N) is 2. The molecule has 0 aliphatic heterocycles. The second kappa shape index (κ2) is 5.47. The Morgan fingerprint density at radius 1 is 1.05 bits per heavy atom. The monoisotopic (exact) mass is 266 g/mol. The molecule has 3 heteroatoms. The molecule has 2 aromatic carbocycles. The van der Waals surface area contributed by atoms with Gasteiger partial charge in [0.1, 0.15) is 0 Å². The number of benzene rings is 2. The van der Waals surface area contributed by atoms with E-state index in [0.717, 1.165) is 16.6 Å². The summed E-state index contributed by atoms with van der Waals surface area (Å²) in [7, 11) is 0. The minimum Gasteiger partial charge on any atom is -0.391 e. The average molecular weight is 266 g/mol. The van der Waals surface area contributed by atoms with Crippen molar-refractivity contribution < 1.29 is 5.11 Å². The number of aliphatic hydroxyl groups is 1. The van der Waals surface area contributed by atoms with Gasteiger partial charge in [-0.25, -0.2) is 4.98 Å². The van der Waals surface area contributed by atoms with E-state index in [9.17, 15) is 5.11 Å². The summed E-state index contributed by atoms with van der Waals surface area (Å²) >= 11 is 0. The lowest BCUT2D eigenvalue weighted by Crippen LogP contribution is -2.23. The van der Waals surface area contributed by atoms with Crippen LogP contribution in [0.4, 0.5) is 0 Å². The first-order valence-electron chi connectivity index (χ1n) is 6.89. The SMILES string of the molecule is CC(C(O)Cc1ccccc1)n1cnc2ccccc21. The lowest BCUT2D eigenvalue weighted by molar-refractivity contribution is 0.123. The zero-order chi connectivity index (χ0) is 13.9. The summed E-state index contributed by atoms with van der Waals surface area (Å²) < 4.78 is 2.04. The molecule has 0 radical (unpaired) electrons. The highest BCUT2D eigenvalue weighted by atomic mass is 16.3. The third kappa shape index (κ3) is 2.45. The number of hydrogen-bond acceptors (Lipinski definition) is 2. The van der Waals surface area contributed by atoms with Crippen LogP contribution in [0.15, 0.2) is 60.9 Å². The van der Waals surface area contributed by atoms with Gasteiger partial charge in [0.15, 0.2) is 0 Å². The fraction of sp³-hybridized carbons (Fsp3) is 0.235. The van der Waals surface area contributed by atoms with Crippen molar-refractivity contribution in [3.63, 3.8) is 0 Å². The second-order valence-corrected chi connectivity index (χ2v) is 5.14. The molecular weight excluding hydrogens is 248 g/mol. The zero-order valence-electron chi connectivity index (χ0n) is 11.5. The number of rotatable bonds is 4. The molecule has 0 aliphatic rings. The molecule has 1 aromatic heterocycles. The van der Waals surface area contributed by atoms with E-state index in [1.54, 1.807) is 0 Å². The Morgan fingerprint density at radius 2 is 1.75 bits per heavy atom. The Hall–Kier alpha value is -2.13. The highest BCUT2D eigenvalue weighted by molar-refractivity contribution is 5.75. The summed E-state index contributed by atoms with van der Waals surface area (Å²) in [4.78, 5) is 4.38. The Labute approximate surface area is 118 Å². The number of imidazole rings is 1. The molecule has 0 bridgehead atoms. The fourth-order valence-corrected chi connectivity index (χ4v) is 2.51. The molecule has 2 atom stereocenters. The van der Waals surface area contributed by atoms with Gasteiger partial charge >= 0.3 is 0 Å². The maximum Gasteiger partial charge on any atom is 0.0961 e. The molecule has 20 heavy (non-hydrogen) atoms. The predicted octanol–water partition coefficient (Wildman–Crippen LogP) is 3.20. The van der Waals surface area contributed by atoms with Crippen LogP contribution in [0.1, 0.15) is 18.5 Å². The van der Waals surface area contributed by atoms with Crippen molar-refractivity contribution in [1.29, 1.82) is 0 Å². The molecule has 102 valence electrons. The van der Waals surface area contributed by atoms with Gasteiger partial charge in [-0.3, -0.25) is 0 Å². The van der Waals surface area contributed by atoms with Crippen molar-refractivity contribution in [2.24, 2.45) is 0 Å². The molecule has 3 nitrogen and oxygen atoms in total. The molecule has 0 amide bonds. The normalized spacial score (nSPS) is 14.3. The van der Waals surface area contributed by atoms with Crippen molar-refractivity contribution in [1.82, 2.24) is 9.55 Å². The fourth-order valence-electron chi connectivity index (χ4n) is 2.51. The van der Waals surface area contributed by atoms with E-state index in [4.69, 9.17) is 0 Å². The number of hydrogen-bond donors (Lipinski definition) is 1. The van der Waals surface area contributed by atoms with Gasteiger partial charge < -0.3 is 9.67 Å². The second-order valence-electron chi connectivity index (χ2n) is 5.14. The van der Waals surface area contributed by atoms with E-state index < -0.39 is 6.10 Å². The van der Waals surface area contributed by atoms with Crippen LogP contribution in [0, 0.1) is 0 Å². The summed E-state index contributed by atoms with van der Waals surface area (Å²) in [5.74, 6) is 0. The van der Waals surface area contributed by atoms with Gasteiger partial charge in [-0.05, 0) is 24.6 Å². The first kappa shape index (κ1) is 12.9. The third-order valence-electron chi connectivity index (χ3n) is 3.76. The number of aliphatic hydroxyl groups excluding tert-OH is 1. The van der Waals surface area contributed by atoms with E-state index in [-0.39, 0.29) is 6.04 Å². The van der Waals surface area contributed by atoms with Gasteiger partial charge in [-0.2, -0.15) is 0 Å². The topological polar surface area (TPSA) is 38.0 Å². The van der Waals surface area contributed by atoms with Crippen molar-refractivity contribution in [3.8, 4) is 0 Å². The molecule has 1 heterocycles. The minimum atomic E-state index is -0.435. The van der Waals surface area contributed by atoms with E-state index in [0.29, 0.717) is 6.42 Å². The van der Waals surface area contributed by atoms with Gasteiger partial charge in [0, 0.05) is 6.42 Å². The first-order valence-corrected chi connectivity index (χ1v) is 6.89. The Balaban J connectivity index is 1.83. The molecule has 0 aliphatic carbocycles. The molecule has 0 fully saturated rings. The van der Waals surface area contributed by atoms with Gasteiger partial charge in [-0.15, -0.1) is 0 Å². The van der Waals surface area contributed by atoms with Gasteiger partial charge in [0.05, 0.1) is 29.5 Å². The first-order chi connectivity index (χ1) is 9.75. The van der Waals surface area contributed by atoms with Crippen molar-refractivity contribution in [2.45, 2.75) is 25.5 Å². The summed E-state index contributed by atoms with van der Waals surface area (Å²) in [6, 6.07) is 18.1. The van der Waals surface area contributed by atoms with Crippen LogP contribution in [-0.4, -0.2) is 20.8 Å². The Bertz CT molecular complexity index is 690. The van der Waals surface area contributed by atoms with Gasteiger partial charge in [0.25, 0.3) is 0 Å². The third-order valence-corrected chi connectivity index (χ3v) is 3.76. The van der Waals surface area contributed by atoms with Crippen LogP contribution >= 0.6 is 0 Å². The maximum atomic E-state index is 10.5. The number of para-hydroxylation sites is 2. The Morgan fingerprint density at radius 3 is 2.55 bits per heavy atom. The molecular formula is C17H18N2O. The molecule has 0 spiro atoms.